The SMILES string of the molecule is COC1C[C@H]2CC(NCCCNc3ccccc3)C[C@H]2C1. The van der Waals surface area contributed by atoms with Crippen molar-refractivity contribution in [2.75, 3.05) is 25.5 Å². The minimum Gasteiger partial charge on any atom is -0.385 e. The van der Waals surface area contributed by atoms with Crippen LogP contribution in [-0.4, -0.2) is 32.3 Å². The van der Waals surface area contributed by atoms with Crippen LogP contribution in [0.3, 0.4) is 0 Å². The summed E-state index contributed by atoms with van der Waals surface area (Å²) in [5, 5.41) is 7.22. The monoisotopic (exact) mass is 288 g/mol. The molecule has 2 aliphatic rings. The summed E-state index contributed by atoms with van der Waals surface area (Å²) >= 11 is 0. The van der Waals surface area contributed by atoms with E-state index in [0.29, 0.717) is 6.10 Å². The third-order valence-electron chi connectivity index (χ3n) is 5.20. The maximum Gasteiger partial charge on any atom is 0.0576 e. The number of methoxy groups -OCH3 is 1. The van der Waals surface area contributed by atoms with E-state index < -0.39 is 0 Å². The summed E-state index contributed by atoms with van der Waals surface area (Å²) in [6, 6.07) is 11.2. The van der Waals surface area contributed by atoms with Gasteiger partial charge in [0.05, 0.1) is 6.10 Å². The Balaban J connectivity index is 1.28. The molecule has 4 atom stereocenters. The van der Waals surface area contributed by atoms with Crippen LogP contribution in [0.5, 0.6) is 0 Å². The Morgan fingerprint density at radius 1 is 1.00 bits per heavy atom. The molecule has 3 heteroatoms. The number of hydrogen-bond donors (Lipinski definition) is 2. The minimum atomic E-state index is 0.538. The molecule has 1 aromatic rings. The van der Waals surface area contributed by atoms with Crippen molar-refractivity contribution >= 4 is 5.69 Å². The van der Waals surface area contributed by atoms with Gasteiger partial charge in [-0.25, -0.2) is 0 Å². The van der Waals surface area contributed by atoms with Crippen molar-refractivity contribution in [1.82, 2.24) is 5.32 Å². The van der Waals surface area contributed by atoms with Gasteiger partial charge in [0.15, 0.2) is 0 Å². The summed E-state index contributed by atoms with van der Waals surface area (Å²) in [5.41, 5.74) is 1.22. The maximum absolute atomic E-state index is 5.51. The zero-order valence-corrected chi connectivity index (χ0v) is 13.1. The molecule has 0 aromatic heterocycles. The van der Waals surface area contributed by atoms with E-state index in [2.05, 4.69) is 41.0 Å². The van der Waals surface area contributed by atoms with Crippen LogP contribution < -0.4 is 10.6 Å². The van der Waals surface area contributed by atoms with Crippen LogP contribution >= 0.6 is 0 Å². The van der Waals surface area contributed by atoms with Crippen LogP contribution in [0.2, 0.25) is 0 Å². The standard InChI is InChI=1S/C18H28N2O/c1-21-18-12-14-10-17(11-15(14)13-18)20-9-5-8-19-16-6-3-2-4-7-16/h2-4,6-7,14-15,17-20H,5,8-13H2,1H3/t14-,15+,17?,18?. The first-order valence-electron chi connectivity index (χ1n) is 8.40. The third kappa shape index (κ3) is 3.98. The highest BCUT2D eigenvalue weighted by Gasteiger charge is 2.41. The molecular weight excluding hydrogens is 260 g/mol. The van der Waals surface area contributed by atoms with Gasteiger partial charge in [0.2, 0.25) is 0 Å². The van der Waals surface area contributed by atoms with Crippen LogP contribution in [0.4, 0.5) is 5.69 Å². The number of hydrogen-bond acceptors (Lipinski definition) is 3. The number of benzene rings is 1. The number of fused-ring (bicyclic) bond motifs is 1. The van der Waals surface area contributed by atoms with Gasteiger partial charge >= 0.3 is 0 Å². The van der Waals surface area contributed by atoms with E-state index >= 15 is 0 Å². The van der Waals surface area contributed by atoms with E-state index in [0.717, 1.165) is 31.0 Å². The van der Waals surface area contributed by atoms with Gasteiger partial charge in [-0.05, 0) is 62.6 Å². The van der Waals surface area contributed by atoms with Crippen molar-refractivity contribution in [1.29, 1.82) is 0 Å². The van der Waals surface area contributed by atoms with Gasteiger partial charge in [0.25, 0.3) is 0 Å². The first-order valence-corrected chi connectivity index (χ1v) is 8.40. The van der Waals surface area contributed by atoms with Gasteiger partial charge in [-0.3, -0.25) is 0 Å². The third-order valence-corrected chi connectivity index (χ3v) is 5.20. The molecule has 0 aliphatic heterocycles. The largest absolute Gasteiger partial charge is 0.385 e. The second-order valence-electron chi connectivity index (χ2n) is 6.62. The van der Waals surface area contributed by atoms with Crippen LogP contribution in [0, 0.1) is 11.8 Å². The summed E-state index contributed by atoms with van der Waals surface area (Å²) in [4.78, 5) is 0. The van der Waals surface area contributed by atoms with Crippen molar-refractivity contribution < 1.29 is 4.74 Å². The molecule has 2 aliphatic carbocycles. The van der Waals surface area contributed by atoms with Gasteiger partial charge in [-0.1, -0.05) is 18.2 Å². The number of nitrogens with one attached hydrogen (secondary N) is 2. The smallest absolute Gasteiger partial charge is 0.0576 e. The van der Waals surface area contributed by atoms with Crippen molar-refractivity contribution in [2.24, 2.45) is 11.8 Å². The number of para-hydroxylation sites is 1. The Labute approximate surface area is 128 Å². The Bertz CT molecular complexity index is 408. The molecule has 2 N–H and O–H groups in total. The van der Waals surface area contributed by atoms with Crippen molar-refractivity contribution in [3.63, 3.8) is 0 Å². The average Bonchev–Trinajstić information content (AvgIpc) is 3.06. The quantitative estimate of drug-likeness (QED) is 0.755. The zero-order valence-electron chi connectivity index (χ0n) is 13.1. The summed E-state index contributed by atoms with van der Waals surface area (Å²) in [6.45, 7) is 2.17. The molecule has 0 radical (unpaired) electrons. The minimum absolute atomic E-state index is 0.538. The fourth-order valence-corrected chi connectivity index (χ4v) is 4.10. The highest BCUT2D eigenvalue weighted by molar-refractivity contribution is 5.42. The van der Waals surface area contributed by atoms with Crippen molar-refractivity contribution in [3.8, 4) is 0 Å². The molecule has 1 aromatic carbocycles. The van der Waals surface area contributed by atoms with Crippen LogP contribution in [0.25, 0.3) is 0 Å². The van der Waals surface area contributed by atoms with Gasteiger partial charge in [-0.15, -0.1) is 0 Å². The lowest BCUT2D eigenvalue weighted by atomic mass is 10.0. The van der Waals surface area contributed by atoms with E-state index in [4.69, 9.17) is 4.74 Å². The molecule has 0 bridgehead atoms. The van der Waals surface area contributed by atoms with Gasteiger partial charge in [-0.2, -0.15) is 0 Å². The molecule has 3 rings (SSSR count). The molecule has 21 heavy (non-hydrogen) atoms. The van der Waals surface area contributed by atoms with E-state index in [9.17, 15) is 0 Å². The molecule has 2 saturated carbocycles. The van der Waals surface area contributed by atoms with E-state index in [-0.39, 0.29) is 0 Å². The highest BCUT2D eigenvalue weighted by atomic mass is 16.5. The molecule has 3 nitrogen and oxygen atoms in total. The highest BCUT2D eigenvalue weighted by Crippen LogP contribution is 2.44. The first-order chi connectivity index (χ1) is 10.3. The number of rotatable bonds is 7. The van der Waals surface area contributed by atoms with Gasteiger partial charge in [0.1, 0.15) is 0 Å². The molecule has 116 valence electrons. The lowest BCUT2D eigenvalue weighted by Gasteiger charge is -2.16. The normalized spacial score (nSPS) is 31.3. The zero-order chi connectivity index (χ0) is 14.5. The Kier molecular flexibility index (Phi) is 5.15. The van der Waals surface area contributed by atoms with E-state index in [1.54, 1.807) is 0 Å². The lowest BCUT2D eigenvalue weighted by molar-refractivity contribution is 0.100. The van der Waals surface area contributed by atoms with Crippen LogP contribution in [0.1, 0.15) is 32.1 Å². The van der Waals surface area contributed by atoms with Gasteiger partial charge < -0.3 is 15.4 Å². The topological polar surface area (TPSA) is 33.3 Å². The Hall–Kier alpha value is -1.06. The first kappa shape index (κ1) is 14.9. The number of ether oxygens (including phenoxy) is 1. The lowest BCUT2D eigenvalue weighted by Crippen LogP contribution is -2.29. The summed E-state index contributed by atoms with van der Waals surface area (Å²) in [5.74, 6) is 1.82. The average molecular weight is 288 g/mol. The second kappa shape index (κ2) is 7.28. The van der Waals surface area contributed by atoms with E-state index in [1.165, 1.54) is 37.8 Å². The molecular formula is C18H28N2O. The molecule has 0 spiro atoms. The molecule has 2 fully saturated rings. The fourth-order valence-electron chi connectivity index (χ4n) is 4.10. The van der Waals surface area contributed by atoms with E-state index in [1.807, 2.05) is 7.11 Å². The maximum atomic E-state index is 5.51. The van der Waals surface area contributed by atoms with Crippen molar-refractivity contribution in [2.45, 2.75) is 44.2 Å². The number of anilines is 1. The molecule has 2 unspecified atom stereocenters. The van der Waals surface area contributed by atoms with Crippen LogP contribution in [0.15, 0.2) is 30.3 Å². The second-order valence-corrected chi connectivity index (χ2v) is 6.62. The Morgan fingerprint density at radius 3 is 2.38 bits per heavy atom. The molecule has 0 amide bonds. The molecule has 0 heterocycles. The van der Waals surface area contributed by atoms with Gasteiger partial charge in [0, 0.05) is 25.4 Å². The predicted molar refractivity (Wildman–Crippen MR) is 87.6 cm³/mol. The predicted octanol–water partition coefficient (Wildman–Crippen LogP) is 3.28. The molecule has 0 saturated heterocycles. The summed E-state index contributed by atoms with van der Waals surface area (Å²) in [7, 11) is 1.86. The van der Waals surface area contributed by atoms with Crippen molar-refractivity contribution in [3.05, 3.63) is 30.3 Å². The Morgan fingerprint density at radius 2 is 1.71 bits per heavy atom. The van der Waals surface area contributed by atoms with Crippen LogP contribution in [-0.2, 0) is 4.74 Å². The summed E-state index contributed by atoms with van der Waals surface area (Å²) in [6.07, 6.45) is 7.01. The fraction of sp³-hybridized carbons (Fsp3) is 0.667. The summed E-state index contributed by atoms with van der Waals surface area (Å²) < 4.78 is 5.51.